The van der Waals surface area contributed by atoms with Gasteiger partial charge in [-0.05, 0) is 30.4 Å². The van der Waals surface area contributed by atoms with E-state index in [1.54, 1.807) is 0 Å². The highest BCUT2D eigenvalue weighted by Gasteiger charge is 2.37. The number of rotatable bonds is 5. The van der Waals surface area contributed by atoms with E-state index in [1.807, 2.05) is 0 Å². The van der Waals surface area contributed by atoms with Gasteiger partial charge in [-0.15, -0.1) is 0 Å². The summed E-state index contributed by atoms with van der Waals surface area (Å²) in [5.74, 6) is 1.76. The summed E-state index contributed by atoms with van der Waals surface area (Å²) in [6.07, 6.45) is 3.75. The second kappa shape index (κ2) is 7.14. The van der Waals surface area contributed by atoms with Crippen molar-refractivity contribution in [3.63, 3.8) is 0 Å². The minimum atomic E-state index is -0.775. The third-order valence-electron chi connectivity index (χ3n) is 4.66. The van der Waals surface area contributed by atoms with Gasteiger partial charge in [0.05, 0.1) is 19.1 Å². The lowest BCUT2D eigenvalue weighted by molar-refractivity contribution is -0.139. The van der Waals surface area contributed by atoms with Crippen LogP contribution in [0.1, 0.15) is 39.5 Å². The molecule has 1 atom stereocenters. The molecule has 0 aliphatic carbocycles. The molecule has 0 aromatic rings. The van der Waals surface area contributed by atoms with E-state index in [-0.39, 0.29) is 12.5 Å². The zero-order chi connectivity index (χ0) is 14.6. The van der Waals surface area contributed by atoms with Crippen LogP contribution in [0.15, 0.2) is 0 Å². The predicted molar refractivity (Wildman–Crippen MR) is 82.3 cm³/mol. The van der Waals surface area contributed by atoms with Crippen LogP contribution in [-0.4, -0.2) is 59.3 Å². The first-order valence-corrected chi connectivity index (χ1v) is 8.80. The first kappa shape index (κ1) is 16.1. The van der Waals surface area contributed by atoms with Crippen LogP contribution in [0.4, 0.5) is 0 Å². The van der Waals surface area contributed by atoms with Crippen molar-refractivity contribution in [1.29, 1.82) is 0 Å². The summed E-state index contributed by atoms with van der Waals surface area (Å²) in [5, 5.41) is 8.62. The van der Waals surface area contributed by atoms with E-state index in [0.29, 0.717) is 18.1 Å². The Hall–Kier alpha value is -0.260. The highest BCUT2D eigenvalue weighted by molar-refractivity contribution is 7.99. The van der Waals surface area contributed by atoms with E-state index >= 15 is 0 Å². The molecule has 1 N–H and O–H groups in total. The Labute approximate surface area is 126 Å². The van der Waals surface area contributed by atoms with Gasteiger partial charge < -0.3 is 9.84 Å². The Balaban J connectivity index is 1.74. The molecule has 2 aliphatic rings. The number of hydrogen-bond acceptors (Lipinski definition) is 4. The van der Waals surface area contributed by atoms with Crippen LogP contribution in [0, 0.1) is 5.41 Å². The molecule has 0 aromatic carbocycles. The molecule has 0 saturated carbocycles. The molecule has 0 radical (unpaired) electrons. The summed E-state index contributed by atoms with van der Waals surface area (Å²) in [4.78, 5) is 13.1. The maximum Gasteiger partial charge on any atom is 0.305 e. The standard InChI is InChI=1S/C15H27NO3S/c1-15(2)6-10-20-11-13(15)16-7-3-12(4-8-16)19-9-5-14(17)18/h12-13H,3-11H2,1-2H3,(H,17,18). The van der Waals surface area contributed by atoms with Crippen LogP contribution in [0.25, 0.3) is 0 Å². The average molecular weight is 301 g/mol. The Morgan fingerprint density at radius 3 is 2.70 bits per heavy atom. The quantitative estimate of drug-likeness (QED) is 0.845. The van der Waals surface area contributed by atoms with Crippen molar-refractivity contribution >= 4 is 17.7 Å². The zero-order valence-electron chi connectivity index (χ0n) is 12.6. The Bertz CT molecular complexity index is 327. The van der Waals surface area contributed by atoms with E-state index in [0.717, 1.165) is 25.9 Å². The van der Waals surface area contributed by atoms with Crippen LogP contribution in [-0.2, 0) is 9.53 Å². The summed E-state index contributed by atoms with van der Waals surface area (Å²) < 4.78 is 5.67. The second-order valence-corrected chi connectivity index (χ2v) is 7.73. The van der Waals surface area contributed by atoms with Crippen molar-refractivity contribution in [2.24, 2.45) is 5.41 Å². The van der Waals surface area contributed by atoms with Crippen molar-refractivity contribution in [1.82, 2.24) is 4.90 Å². The second-order valence-electron chi connectivity index (χ2n) is 6.58. The lowest BCUT2D eigenvalue weighted by atomic mass is 9.80. The number of likely N-dealkylation sites (tertiary alicyclic amines) is 1. The number of nitrogens with zero attached hydrogens (tertiary/aromatic N) is 1. The van der Waals surface area contributed by atoms with Crippen LogP contribution < -0.4 is 0 Å². The minimum Gasteiger partial charge on any atom is -0.481 e. The Kier molecular flexibility index (Phi) is 5.75. The summed E-state index contributed by atoms with van der Waals surface area (Å²) in [6, 6.07) is 0.682. The van der Waals surface area contributed by atoms with Gasteiger partial charge in [0.1, 0.15) is 0 Å². The highest BCUT2D eigenvalue weighted by atomic mass is 32.2. The number of aliphatic carboxylic acids is 1. The number of ether oxygens (including phenoxy) is 1. The normalized spacial score (nSPS) is 28.4. The molecule has 0 amide bonds. The molecular weight excluding hydrogens is 274 g/mol. The van der Waals surface area contributed by atoms with E-state index in [9.17, 15) is 4.79 Å². The van der Waals surface area contributed by atoms with Gasteiger partial charge >= 0.3 is 5.97 Å². The molecule has 2 aliphatic heterocycles. The van der Waals surface area contributed by atoms with Crippen LogP contribution in [0.3, 0.4) is 0 Å². The zero-order valence-corrected chi connectivity index (χ0v) is 13.5. The van der Waals surface area contributed by atoms with Gasteiger partial charge in [-0.3, -0.25) is 9.69 Å². The summed E-state index contributed by atoms with van der Waals surface area (Å²) in [6.45, 7) is 7.32. The summed E-state index contributed by atoms with van der Waals surface area (Å²) in [7, 11) is 0. The number of carboxylic acid groups (broad SMARTS) is 1. The van der Waals surface area contributed by atoms with Crippen molar-refractivity contribution in [2.75, 3.05) is 31.2 Å². The van der Waals surface area contributed by atoms with Crippen molar-refractivity contribution in [3.8, 4) is 0 Å². The fourth-order valence-corrected chi connectivity index (χ4v) is 4.91. The minimum absolute atomic E-state index is 0.118. The van der Waals surface area contributed by atoms with Crippen molar-refractivity contribution in [3.05, 3.63) is 0 Å². The number of hydrogen-bond donors (Lipinski definition) is 1. The fourth-order valence-electron chi connectivity index (χ4n) is 3.19. The van der Waals surface area contributed by atoms with E-state index in [1.165, 1.54) is 17.9 Å². The van der Waals surface area contributed by atoms with Crippen LogP contribution in [0.2, 0.25) is 0 Å². The van der Waals surface area contributed by atoms with Gasteiger partial charge in [0.25, 0.3) is 0 Å². The molecule has 0 spiro atoms. The molecule has 4 nitrogen and oxygen atoms in total. The topological polar surface area (TPSA) is 49.8 Å². The maximum absolute atomic E-state index is 10.5. The average Bonchev–Trinajstić information content (AvgIpc) is 2.39. The lowest BCUT2D eigenvalue weighted by Gasteiger charge is -2.47. The SMILES string of the molecule is CC1(C)CCSCC1N1CCC(OCCC(=O)O)CC1. The van der Waals surface area contributed by atoms with Gasteiger partial charge in [-0.25, -0.2) is 0 Å². The van der Waals surface area contributed by atoms with Gasteiger partial charge in [-0.2, -0.15) is 11.8 Å². The highest BCUT2D eigenvalue weighted by Crippen LogP contribution is 2.38. The summed E-state index contributed by atoms with van der Waals surface area (Å²) in [5.41, 5.74) is 0.419. The van der Waals surface area contributed by atoms with Crippen molar-refractivity contribution in [2.45, 2.75) is 51.7 Å². The molecule has 116 valence electrons. The van der Waals surface area contributed by atoms with Crippen LogP contribution in [0.5, 0.6) is 0 Å². The monoisotopic (exact) mass is 301 g/mol. The van der Waals surface area contributed by atoms with Gasteiger partial charge in [0, 0.05) is 24.9 Å². The van der Waals surface area contributed by atoms with Crippen LogP contribution >= 0.6 is 11.8 Å². The smallest absolute Gasteiger partial charge is 0.305 e. The van der Waals surface area contributed by atoms with E-state index in [4.69, 9.17) is 9.84 Å². The first-order chi connectivity index (χ1) is 9.49. The third-order valence-corrected chi connectivity index (χ3v) is 5.70. The number of carboxylic acids is 1. The molecule has 2 fully saturated rings. The third kappa shape index (κ3) is 4.37. The molecule has 0 aromatic heterocycles. The van der Waals surface area contributed by atoms with E-state index < -0.39 is 5.97 Å². The molecule has 2 heterocycles. The lowest BCUT2D eigenvalue weighted by Crippen LogP contribution is -2.52. The Morgan fingerprint density at radius 2 is 2.10 bits per heavy atom. The molecular formula is C15H27NO3S. The van der Waals surface area contributed by atoms with E-state index in [2.05, 4.69) is 30.5 Å². The maximum atomic E-state index is 10.5. The van der Waals surface area contributed by atoms with Gasteiger partial charge in [0.2, 0.25) is 0 Å². The molecule has 20 heavy (non-hydrogen) atoms. The Morgan fingerprint density at radius 1 is 1.40 bits per heavy atom. The number of thioether (sulfide) groups is 1. The molecule has 2 rings (SSSR count). The largest absolute Gasteiger partial charge is 0.481 e. The van der Waals surface area contributed by atoms with Crippen molar-refractivity contribution < 1.29 is 14.6 Å². The molecule has 5 heteroatoms. The first-order valence-electron chi connectivity index (χ1n) is 7.64. The van der Waals surface area contributed by atoms with Gasteiger partial charge in [-0.1, -0.05) is 13.8 Å². The molecule has 2 saturated heterocycles. The number of carbonyl (C=O) groups is 1. The summed E-state index contributed by atoms with van der Waals surface area (Å²) >= 11 is 2.08. The fraction of sp³-hybridized carbons (Fsp3) is 0.933. The van der Waals surface area contributed by atoms with Gasteiger partial charge in [0.15, 0.2) is 0 Å². The predicted octanol–water partition coefficient (Wildman–Crippen LogP) is 2.47. The number of piperidine rings is 1. The molecule has 0 bridgehead atoms. The molecule has 1 unspecified atom stereocenters.